The molecule has 78 valence electrons. The summed E-state index contributed by atoms with van der Waals surface area (Å²) in [6.45, 7) is 13.1. The molecule has 1 saturated heterocycles. The van der Waals surface area contributed by atoms with Gasteiger partial charge in [0.25, 0.3) is 0 Å². The lowest BCUT2D eigenvalue weighted by atomic mass is 9.89. The normalized spacial score (nSPS) is 30.2. The molecule has 0 saturated carbocycles. The Morgan fingerprint density at radius 1 is 1.31 bits per heavy atom. The number of likely N-dealkylation sites (tertiary alicyclic amines) is 1. The molecular weight excluding hydrogens is 160 g/mol. The van der Waals surface area contributed by atoms with Crippen LogP contribution < -0.4 is 0 Å². The average Bonchev–Trinajstić information content (AvgIpc) is 2.43. The van der Waals surface area contributed by atoms with Crippen LogP contribution in [-0.2, 0) is 0 Å². The fraction of sp³-hybridized carbons (Fsp3) is 1.00. The van der Waals surface area contributed by atoms with Crippen molar-refractivity contribution in [3.8, 4) is 0 Å². The van der Waals surface area contributed by atoms with Crippen LogP contribution in [0.15, 0.2) is 0 Å². The molecule has 0 aromatic carbocycles. The quantitative estimate of drug-likeness (QED) is 0.656. The second-order valence-electron chi connectivity index (χ2n) is 4.76. The molecule has 1 aliphatic heterocycles. The van der Waals surface area contributed by atoms with Gasteiger partial charge in [-0.1, -0.05) is 20.8 Å². The highest BCUT2D eigenvalue weighted by Crippen LogP contribution is 2.29. The molecule has 13 heavy (non-hydrogen) atoms. The van der Waals surface area contributed by atoms with Gasteiger partial charge >= 0.3 is 0 Å². The molecule has 0 N–H and O–H groups in total. The Labute approximate surface area is 82.9 Å². The molecule has 1 aliphatic rings. The fourth-order valence-corrected chi connectivity index (χ4v) is 2.39. The summed E-state index contributed by atoms with van der Waals surface area (Å²) in [6, 6.07) is 0. The van der Waals surface area contributed by atoms with Gasteiger partial charge in [0.1, 0.15) is 0 Å². The molecule has 1 fully saturated rings. The smallest absolute Gasteiger partial charge is 0.00478 e. The van der Waals surface area contributed by atoms with Crippen molar-refractivity contribution in [3.05, 3.63) is 0 Å². The van der Waals surface area contributed by atoms with Crippen LogP contribution in [0.25, 0.3) is 0 Å². The second-order valence-corrected chi connectivity index (χ2v) is 4.76. The first-order valence-corrected chi connectivity index (χ1v) is 5.50. The minimum atomic E-state index is 0.542. The van der Waals surface area contributed by atoms with E-state index < -0.39 is 0 Å². The van der Waals surface area contributed by atoms with Crippen LogP contribution >= 0.6 is 0 Å². The van der Waals surface area contributed by atoms with Gasteiger partial charge in [-0.15, -0.1) is 0 Å². The van der Waals surface area contributed by atoms with Crippen LogP contribution in [0.1, 0.15) is 27.2 Å². The van der Waals surface area contributed by atoms with Gasteiger partial charge < -0.3 is 9.80 Å². The molecule has 1 unspecified atom stereocenters. The zero-order valence-electron chi connectivity index (χ0n) is 9.64. The van der Waals surface area contributed by atoms with Crippen LogP contribution in [-0.4, -0.2) is 49.6 Å². The van der Waals surface area contributed by atoms with Crippen molar-refractivity contribution < 1.29 is 0 Å². The SMILES string of the molecule is CCN(CC)CC1(C)CCN(C)C1. The highest BCUT2D eigenvalue weighted by Gasteiger charge is 2.32. The summed E-state index contributed by atoms with van der Waals surface area (Å²) in [5.41, 5.74) is 0.542. The highest BCUT2D eigenvalue weighted by atomic mass is 15.2. The Bertz CT molecular complexity index is 154. The first kappa shape index (κ1) is 11.0. The molecule has 0 aromatic rings. The molecular formula is C11H24N2. The molecule has 1 heterocycles. The highest BCUT2D eigenvalue weighted by molar-refractivity contribution is 4.87. The maximum absolute atomic E-state index is 2.54. The third-order valence-corrected chi connectivity index (χ3v) is 3.25. The molecule has 1 atom stereocenters. The fourth-order valence-electron chi connectivity index (χ4n) is 2.39. The standard InChI is InChI=1S/C11H24N2/c1-5-13(6-2)10-11(3)7-8-12(4)9-11/h5-10H2,1-4H3. The van der Waals surface area contributed by atoms with Crippen molar-refractivity contribution in [2.24, 2.45) is 5.41 Å². The summed E-state index contributed by atoms with van der Waals surface area (Å²) in [5.74, 6) is 0. The molecule has 0 aliphatic carbocycles. The summed E-state index contributed by atoms with van der Waals surface area (Å²) in [6.07, 6.45) is 1.36. The maximum Gasteiger partial charge on any atom is 0.00478 e. The molecule has 1 rings (SSSR count). The zero-order valence-corrected chi connectivity index (χ0v) is 9.64. The topological polar surface area (TPSA) is 6.48 Å². The summed E-state index contributed by atoms with van der Waals surface area (Å²) < 4.78 is 0. The van der Waals surface area contributed by atoms with E-state index in [9.17, 15) is 0 Å². The van der Waals surface area contributed by atoms with Crippen molar-refractivity contribution in [2.75, 3.05) is 39.8 Å². The van der Waals surface area contributed by atoms with Crippen LogP contribution in [0.3, 0.4) is 0 Å². The monoisotopic (exact) mass is 184 g/mol. The first-order chi connectivity index (χ1) is 6.09. The molecule has 0 amide bonds. The van der Waals surface area contributed by atoms with Crippen molar-refractivity contribution in [2.45, 2.75) is 27.2 Å². The van der Waals surface area contributed by atoms with Gasteiger partial charge in [-0.2, -0.15) is 0 Å². The van der Waals surface area contributed by atoms with Gasteiger partial charge in [0, 0.05) is 13.1 Å². The van der Waals surface area contributed by atoms with E-state index in [4.69, 9.17) is 0 Å². The van der Waals surface area contributed by atoms with Gasteiger partial charge in [0.2, 0.25) is 0 Å². The lowest BCUT2D eigenvalue weighted by Crippen LogP contribution is -2.37. The van der Waals surface area contributed by atoms with Crippen LogP contribution in [0, 0.1) is 5.41 Å². The van der Waals surface area contributed by atoms with E-state index in [1.54, 1.807) is 0 Å². The van der Waals surface area contributed by atoms with Crippen LogP contribution in [0.4, 0.5) is 0 Å². The van der Waals surface area contributed by atoms with Crippen LogP contribution in [0.5, 0.6) is 0 Å². The number of hydrogen-bond donors (Lipinski definition) is 0. The lowest BCUT2D eigenvalue weighted by molar-refractivity contribution is 0.180. The summed E-state index contributed by atoms with van der Waals surface area (Å²) >= 11 is 0. The van der Waals surface area contributed by atoms with Crippen molar-refractivity contribution in [1.82, 2.24) is 9.80 Å². The van der Waals surface area contributed by atoms with Gasteiger partial charge in [0.15, 0.2) is 0 Å². The maximum atomic E-state index is 2.54. The number of rotatable bonds is 4. The Kier molecular flexibility index (Phi) is 3.74. The van der Waals surface area contributed by atoms with Crippen molar-refractivity contribution >= 4 is 0 Å². The van der Waals surface area contributed by atoms with E-state index in [2.05, 4.69) is 37.6 Å². The van der Waals surface area contributed by atoms with Crippen molar-refractivity contribution in [3.63, 3.8) is 0 Å². The summed E-state index contributed by atoms with van der Waals surface area (Å²) in [7, 11) is 2.23. The first-order valence-electron chi connectivity index (χ1n) is 5.50. The zero-order chi connectivity index (χ0) is 9.90. The van der Waals surface area contributed by atoms with E-state index in [-0.39, 0.29) is 0 Å². The molecule has 2 nitrogen and oxygen atoms in total. The average molecular weight is 184 g/mol. The van der Waals surface area contributed by atoms with Gasteiger partial charge in [-0.3, -0.25) is 0 Å². The van der Waals surface area contributed by atoms with E-state index in [1.165, 1.54) is 39.1 Å². The van der Waals surface area contributed by atoms with Gasteiger partial charge in [0.05, 0.1) is 0 Å². The van der Waals surface area contributed by atoms with E-state index in [0.29, 0.717) is 5.41 Å². The lowest BCUT2D eigenvalue weighted by Gasteiger charge is -2.30. The summed E-state index contributed by atoms with van der Waals surface area (Å²) in [4.78, 5) is 4.99. The summed E-state index contributed by atoms with van der Waals surface area (Å²) in [5, 5.41) is 0. The third kappa shape index (κ3) is 2.96. The number of hydrogen-bond acceptors (Lipinski definition) is 2. The molecule has 0 radical (unpaired) electrons. The third-order valence-electron chi connectivity index (χ3n) is 3.25. The Morgan fingerprint density at radius 2 is 1.92 bits per heavy atom. The minimum absolute atomic E-state index is 0.542. The van der Waals surface area contributed by atoms with Crippen LogP contribution in [0.2, 0.25) is 0 Å². The molecule has 0 bridgehead atoms. The molecule has 0 aromatic heterocycles. The van der Waals surface area contributed by atoms with Gasteiger partial charge in [-0.05, 0) is 38.5 Å². The van der Waals surface area contributed by atoms with E-state index >= 15 is 0 Å². The number of nitrogens with zero attached hydrogens (tertiary/aromatic N) is 2. The minimum Gasteiger partial charge on any atom is -0.306 e. The largest absolute Gasteiger partial charge is 0.306 e. The van der Waals surface area contributed by atoms with Crippen molar-refractivity contribution in [1.29, 1.82) is 0 Å². The van der Waals surface area contributed by atoms with Gasteiger partial charge in [-0.25, -0.2) is 0 Å². The van der Waals surface area contributed by atoms with E-state index in [0.717, 1.165) is 0 Å². The predicted octanol–water partition coefficient (Wildman–Crippen LogP) is 1.67. The second kappa shape index (κ2) is 4.43. The molecule has 0 spiro atoms. The van der Waals surface area contributed by atoms with E-state index in [1.807, 2.05) is 0 Å². The molecule has 2 heteroatoms. The Morgan fingerprint density at radius 3 is 2.31 bits per heavy atom. The predicted molar refractivity (Wildman–Crippen MR) is 58.0 cm³/mol. The Hall–Kier alpha value is -0.0800. The Balaban J connectivity index is 2.42.